The smallest absolute Gasteiger partial charge is 0.252 e. The summed E-state index contributed by atoms with van der Waals surface area (Å²) in [4.78, 5) is 24.1. The van der Waals surface area contributed by atoms with E-state index in [0.717, 1.165) is 21.3 Å². The predicted octanol–water partition coefficient (Wildman–Crippen LogP) is 2.93. The van der Waals surface area contributed by atoms with Crippen molar-refractivity contribution in [3.05, 3.63) is 57.2 Å². The fraction of sp³-hybridized carbons (Fsp3) is 0.333. The van der Waals surface area contributed by atoms with Crippen LogP contribution in [0.3, 0.4) is 0 Å². The molecule has 0 spiro atoms. The molecule has 2 N–H and O–H groups in total. The molecule has 1 heterocycles. The lowest BCUT2D eigenvalue weighted by atomic mass is 10.0. The summed E-state index contributed by atoms with van der Waals surface area (Å²) in [5.74, 6) is 0.933. The number of hydrogen-bond donors (Lipinski definition) is 2. The van der Waals surface area contributed by atoms with Gasteiger partial charge in [0.25, 0.3) is 5.91 Å². The lowest BCUT2D eigenvalue weighted by Crippen LogP contribution is -2.38. The van der Waals surface area contributed by atoms with Crippen molar-refractivity contribution in [3.63, 3.8) is 0 Å². The van der Waals surface area contributed by atoms with E-state index in [9.17, 15) is 9.59 Å². The highest BCUT2D eigenvalue weighted by Crippen LogP contribution is 2.41. The normalized spacial score (nSPS) is 14.0. The van der Waals surface area contributed by atoms with Gasteiger partial charge in [-0.1, -0.05) is 24.3 Å². The molecule has 0 aromatic heterocycles. The van der Waals surface area contributed by atoms with Gasteiger partial charge in [-0.15, -0.1) is 0 Å². The Morgan fingerprint density at radius 1 is 1.14 bits per heavy atom. The second-order valence-corrected chi connectivity index (χ2v) is 8.31. The average molecular weight is 494 g/mol. The summed E-state index contributed by atoms with van der Waals surface area (Å²) in [5.41, 5.74) is 1.45. The molecule has 148 valence electrons. The molecule has 28 heavy (non-hydrogen) atoms. The molecule has 2 aromatic rings. The molecule has 3 rings (SSSR count). The molecule has 7 heteroatoms. The molecule has 6 nitrogen and oxygen atoms in total. The molecule has 1 aliphatic heterocycles. The maximum absolute atomic E-state index is 12.1. The van der Waals surface area contributed by atoms with Gasteiger partial charge in [-0.3, -0.25) is 9.59 Å². The Balaban J connectivity index is 1.41. The van der Waals surface area contributed by atoms with Crippen molar-refractivity contribution in [2.45, 2.75) is 25.9 Å². The molecular formula is C21H23IN2O4. The van der Waals surface area contributed by atoms with Gasteiger partial charge in [-0.2, -0.15) is 0 Å². The topological polar surface area (TPSA) is 76.7 Å². The fourth-order valence-corrected chi connectivity index (χ4v) is 3.65. The lowest BCUT2D eigenvalue weighted by molar-refractivity contribution is -0.120. The first kappa shape index (κ1) is 20.4. The van der Waals surface area contributed by atoms with E-state index >= 15 is 0 Å². The highest BCUT2D eigenvalue weighted by Gasteiger charge is 2.32. The summed E-state index contributed by atoms with van der Waals surface area (Å²) >= 11 is 2.09. The first-order chi connectivity index (χ1) is 13.4. The van der Waals surface area contributed by atoms with Gasteiger partial charge >= 0.3 is 0 Å². The molecule has 0 radical (unpaired) electrons. The van der Waals surface area contributed by atoms with Gasteiger partial charge in [-0.05, 0) is 54.6 Å². The van der Waals surface area contributed by atoms with E-state index in [-0.39, 0.29) is 24.0 Å². The van der Waals surface area contributed by atoms with Crippen molar-refractivity contribution in [2.24, 2.45) is 0 Å². The van der Waals surface area contributed by atoms with Gasteiger partial charge in [0, 0.05) is 15.6 Å². The van der Waals surface area contributed by atoms with Crippen molar-refractivity contribution < 1.29 is 19.1 Å². The Hall–Kier alpha value is -2.29. The first-order valence-electron chi connectivity index (χ1n) is 9.09. The molecule has 0 atom stereocenters. The average Bonchev–Trinajstić information content (AvgIpc) is 2.98. The zero-order chi connectivity index (χ0) is 20.1. The summed E-state index contributed by atoms with van der Waals surface area (Å²) in [6.45, 7) is 4.66. The minimum Gasteiger partial charge on any atom is -0.488 e. The number of fused-ring (bicyclic) bond motifs is 1. The summed E-state index contributed by atoms with van der Waals surface area (Å²) in [6.07, 6.45) is 0.844. The highest BCUT2D eigenvalue weighted by atomic mass is 127. The number of benzene rings is 2. The Morgan fingerprint density at radius 2 is 1.93 bits per heavy atom. The summed E-state index contributed by atoms with van der Waals surface area (Å²) in [5, 5.41) is 5.36. The van der Waals surface area contributed by atoms with Crippen molar-refractivity contribution >= 4 is 34.4 Å². The van der Waals surface area contributed by atoms with Gasteiger partial charge in [-0.25, -0.2) is 0 Å². The van der Waals surface area contributed by atoms with Crippen molar-refractivity contribution in [1.29, 1.82) is 0 Å². The number of hydrogen-bond acceptors (Lipinski definition) is 4. The molecule has 0 bridgehead atoms. The Morgan fingerprint density at radius 3 is 2.71 bits per heavy atom. The van der Waals surface area contributed by atoms with E-state index in [1.165, 1.54) is 0 Å². The molecule has 0 fully saturated rings. The Labute approximate surface area is 178 Å². The van der Waals surface area contributed by atoms with Gasteiger partial charge in [0.15, 0.2) is 11.5 Å². The van der Waals surface area contributed by atoms with Crippen LogP contribution >= 0.6 is 22.6 Å². The van der Waals surface area contributed by atoms with Crippen LogP contribution in [0, 0.1) is 3.57 Å². The minimum absolute atomic E-state index is 0.0815. The molecule has 0 saturated carbocycles. The van der Waals surface area contributed by atoms with E-state index < -0.39 is 0 Å². The number of ether oxygens (including phenoxy) is 2. The van der Waals surface area contributed by atoms with Crippen molar-refractivity contribution in [3.8, 4) is 11.5 Å². The van der Waals surface area contributed by atoms with Crippen LogP contribution < -0.4 is 20.1 Å². The van der Waals surface area contributed by atoms with Crippen LogP contribution in [0.1, 0.15) is 29.8 Å². The molecule has 0 aliphatic carbocycles. The third-order valence-electron chi connectivity index (χ3n) is 4.26. The van der Waals surface area contributed by atoms with Crippen LogP contribution in [-0.2, 0) is 11.2 Å². The maximum Gasteiger partial charge on any atom is 0.252 e. The van der Waals surface area contributed by atoms with Crippen molar-refractivity contribution in [1.82, 2.24) is 10.6 Å². The zero-order valence-electron chi connectivity index (χ0n) is 15.9. The number of amides is 2. The summed E-state index contributed by atoms with van der Waals surface area (Å²) < 4.78 is 12.6. The highest BCUT2D eigenvalue weighted by molar-refractivity contribution is 14.1. The molecule has 2 amide bonds. The van der Waals surface area contributed by atoms with E-state index in [1.54, 1.807) is 12.1 Å². The molecular weight excluding hydrogens is 471 g/mol. The second-order valence-electron chi connectivity index (χ2n) is 7.14. The zero-order valence-corrected chi connectivity index (χ0v) is 18.0. The minimum atomic E-state index is -0.268. The van der Waals surface area contributed by atoms with Crippen molar-refractivity contribution in [2.75, 3.05) is 19.7 Å². The third-order valence-corrected chi connectivity index (χ3v) is 5.21. The number of carbonyl (C=O) groups is 2. The second kappa shape index (κ2) is 8.81. The maximum atomic E-state index is 12.1. The van der Waals surface area contributed by atoms with Gasteiger partial charge in [0.2, 0.25) is 5.91 Å². The standard InChI is InChI=1S/C21H23IN2O4/c1-21(2)12-14-6-5-9-17(19(14)28-21)27-11-10-23-18(25)13-24-20(26)15-7-3-4-8-16(15)22/h3-9H,10-13H2,1-2H3,(H,23,25)(H,24,26). The first-order valence-corrected chi connectivity index (χ1v) is 10.2. The number of para-hydroxylation sites is 1. The third kappa shape index (κ3) is 5.15. The summed E-state index contributed by atoms with van der Waals surface area (Å²) in [7, 11) is 0. The van der Waals surface area contributed by atoms with Gasteiger partial charge < -0.3 is 20.1 Å². The quantitative estimate of drug-likeness (QED) is 0.459. The van der Waals surface area contributed by atoms with E-state index in [4.69, 9.17) is 9.47 Å². The molecule has 0 unspecified atom stereocenters. The number of carbonyl (C=O) groups excluding carboxylic acids is 2. The monoisotopic (exact) mass is 494 g/mol. The van der Waals surface area contributed by atoms with Crippen LogP contribution in [0.2, 0.25) is 0 Å². The summed E-state index contributed by atoms with van der Waals surface area (Å²) in [6, 6.07) is 13.1. The lowest BCUT2D eigenvalue weighted by Gasteiger charge is -2.18. The number of halogens is 1. The largest absolute Gasteiger partial charge is 0.488 e. The van der Waals surface area contributed by atoms with E-state index in [1.807, 2.05) is 44.2 Å². The molecule has 1 aliphatic rings. The molecule has 2 aromatic carbocycles. The van der Waals surface area contributed by atoms with Gasteiger partial charge in [0.1, 0.15) is 12.2 Å². The number of nitrogens with one attached hydrogen (secondary N) is 2. The van der Waals surface area contributed by atoms with Crippen LogP contribution in [0.15, 0.2) is 42.5 Å². The van der Waals surface area contributed by atoms with E-state index in [2.05, 4.69) is 33.2 Å². The van der Waals surface area contributed by atoms with Crippen LogP contribution in [0.25, 0.3) is 0 Å². The fourth-order valence-electron chi connectivity index (χ4n) is 3.02. The molecule has 0 saturated heterocycles. The van der Waals surface area contributed by atoms with Crippen LogP contribution in [0.5, 0.6) is 11.5 Å². The van der Waals surface area contributed by atoms with Crippen LogP contribution in [0.4, 0.5) is 0 Å². The predicted molar refractivity (Wildman–Crippen MR) is 115 cm³/mol. The Bertz CT molecular complexity index is 882. The number of rotatable bonds is 7. The van der Waals surface area contributed by atoms with Crippen LogP contribution in [-0.4, -0.2) is 37.1 Å². The Kier molecular flexibility index (Phi) is 6.43. The van der Waals surface area contributed by atoms with E-state index in [0.29, 0.717) is 24.5 Å². The SMILES string of the molecule is CC1(C)Cc2cccc(OCCNC(=O)CNC(=O)c3ccccc3I)c2O1. The van der Waals surface area contributed by atoms with Gasteiger partial charge in [0.05, 0.1) is 18.7 Å².